The SMILES string of the molecule is CC(=O)C(Nc1ccc(C(Cc2cn[nH]c2)NC(=O)c2cccnc2)cc1Cl)C1CC1. The van der Waals surface area contributed by atoms with Crippen LogP contribution < -0.4 is 10.6 Å². The second kappa shape index (κ2) is 9.31. The predicted molar refractivity (Wildman–Crippen MR) is 119 cm³/mol. The maximum atomic E-state index is 12.8. The Morgan fingerprint density at radius 3 is 2.71 bits per heavy atom. The summed E-state index contributed by atoms with van der Waals surface area (Å²) < 4.78 is 0. The first kappa shape index (κ1) is 21.1. The zero-order chi connectivity index (χ0) is 21.8. The van der Waals surface area contributed by atoms with Gasteiger partial charge < -0.3 is 10.6 Å². The van der Waals surface area contributed by atoms with Crippen molar-refractivity contribution in [3.8, 4) is 0 Å². The molecule has 7 nitrogen and oxygen atoms in total. The molecule has 8 heteroatoms. The number of carbonyl (C=O) groups is 2. The molecule has 4 rings (SSSR count). The molecule has 1 fully saturated rings. The molecule has 3 aromatic rings. The lowest BCUT2D eigenvalue weighted by Gasteiger charge is -2.21. The Morgan fingerprint density at radius 1 is 1.26 bits per heavy atom. The Bertz CT molecular complexity index is 1050. The third-order valence-corrected chi connectivity index (χ3v) is 5.77. The monoisotopic (exact) mass is 437 g/mol. The van der Waals surface area contributed by atoms with Crippen LogP contribution in [-0.4, -0.2) is 32.9 Å². The average molecular weight is 438 g/mol. The minimum atomic E-state index is -0.316. The molecular formula is C23H24ClN5O2. The number of amides is 1. The molecule has 2 heterocycles. The van der Waals surface area contributed by atoms with E-state index in [-0.39, 0.29) is 23.8 Å². The zero-order valence-electron chi connectivity index (χ0n) is 17.1. The number of anilines is 1. The van der Waals surface area contributed by atoms with Crippen molar-refractivity contribution < 1.29 is 9.59 Å². The van der Waals surface area contributed by atoms with E-state index in [1.165, 1.54) is 6.20 Å². The molecule has 1 saturated carbocycles. The zero-order valence-corrected chi connectivity index (χ0v) is 17.9. The van der Waals surface area contributed by atoms with E-state index in [1.807, 2.05) is 18.2 Å². The molecule has 31 heavy (non-hydrogen) atoms. The maximum absolute atomic E-state index is 12.8. The number of Topliss-reactive ketones (excluding diaryl/α,β-unsaturated/α-hetero) is 1. The predicted octanol–water partition coefficient (Wildman–Crippen LogP) is 3.95. The summed E-state index contributed by atoms with van der Waals surface area (Å²) in [5.41, 5.74) is 3.02. The molecule has 2 aromatic heterocycles. The number of carbonyl (C=O) groups excluding carboxylic acids is 2. The van der Waals surface area contributed by atoms with Gasteiger partial charge in [0, 0.05) is 18.6 Å². The van der Waals surface area contributed by atoms with Crippen LogP contribution >= 0.6 is 11.6 Å². The molecule has 1 aliphatic carbocycles. The molecule has 0 aliphatic heterocycles. The van der Waals surface area contributed by atoms with Crippen molar-refractivity contribution in [1.82, 2.24) is 20.5 Å². The summed E-state index contributed by atoms with van der Waals surface area (Å²) in [5, 5.41) is 13.7. The second-order valence-corrected chi connectivity index (χ2v) is 8.29. The summed E-state index contributed by atoms with van der Waals surface area (Å²) in [6.07, 6.45) is 9.34. The molecule has 0 radical (unpaired) electrons. The van der Waals surface area contributed by atoms with E-state index < -0.39 is 0 Å². The molecule has 2 atom stereocenters. The van der Waals surface area contributed by atoms with Crippen LogP contribution in [0.25, 0.3) is 0 Å². The molecule has 0 spiro atoms. The first-order chi connectivity index (χ1) is 15.0. The van der Waals surface area contributed by atoms with Crippen molar-refractivity contribution in [2.75, 3.05) is 5.32 Å². The minimum absolute atomic E-state index is 0.115. The number of aromatic nitrogens is 3. The Balaban J connectivity index is 1.56. The first-order valence-electron chi connectivity index (χ1n) is 10.3. The van der Waals surface area contributed by atoms with Crippen LogP contribution in [0.3, 0.4) is 0 Å². The molecule has 1 aromatic carbocycles. The van der Waals surface area contributed by atoms with E-state index in [1.54, 1.807) is 37.6 Å². The molecular weight excluding hydrogens is 414 g/mol. The molecule has 0 saturated heterocycles. The highest BCUT2D eigenvalue weighted by Crippen LogP contribution is 2.36. The van der Waals surface area contributed by atoms with Crippen LogP contribution in [0.4, 0.5) is 5.69 Å². The molecule has 1 amide bonds. The lowest BCUT2D eigenvalue weighted by Crippen LogP contribution is -2.31. The number of nitrogens with zero attached hydrogens (tertiary/aromatic N) is 2. The summed E-state index contributed by atoms with van der Waals surface area (Å²) in [7, 11) is 0. The quantitative estimate of drug-likeness (QED) is 0.470. The van der Waals surface area contributed by atoms with Crippen molar-refractivity contribution >= 4 is 29.0 Å². The highest BCUT2D eigenvalue weighted by atomic mass is 35.5. The fraction of sp³-hybridized carbons (Fsp3) is 0.304. The fourth-order valence-electron chi connectivity index (χ4n) is 3.63. The van der Waals surface area contributed by atoms with Gasteiger partial charge >= 0.3 is 0 Å². The standard InChI is InChI=1S/C23H24ClN5O2/c1-14(30)22(16-4-5-16)28-20-7-6-17(10-19(20)24)21(9-15-11-26-27-12-15)29-23(31)18-3-2-8-25-13-18/h2-3,6-8,10-13,16,21-22,28H,4-5,9H2,1H3,(H,26,27)(H,29,31). The van der Waals surface area contributed by atoms with Gasteiger partial charge in [0.2, 0.25) is 0 Å². The van der Waals surface area contributed by atoms with Crippen LogP contribution in [-0.2, 0) is 11.2 Å². The van der Waals surface area contributed by atoms with Crippen molar-refractivity contribution in [2.24, 2.45) is 5.92 Å². The Hall–Kier alpha value is -3.19. The van der Waals surface area contributed by atoms with Crippen LogP contribution in [0, 0.1) is 5.92 Å². The van der Waals surface area contributed by atoms with E-state index in [4.69, 9.17) is 11.6 Å². The normalized spacial score (nSPS) is 15.2. The maximum Gasteiger partial charge on any atom is 0.253 e. The number of nitrogens with one attached hydrogen (secondary N) is 3. The molecule has 3 N–H and O–H groups in total. The molecule has 0 bridgehead atoms. The number of H-pyrrole nitrogens is 1. The van der Waals surface area contributed by atoms with E-state index in [2.05, 4.69) is 25.8 Å². The van der Waals surface area contributed by atoms with Gasteiger partial charge in [-0.2, -0.15) is 5.10 Å². The number of halogens is 1. The lowest BCUT2D eigenvalue weighted by atomic mass is 9.99. The van der Waals surface area contributed by atoms with E-state index in [9.17, 15) is 9.59 Å². The van der Waals surface area contributed by atoms with Gasteiger partial charge in [0.1, 0.15) is 0 Å². The number of aromatic amines is 1. The summed E-state index contributed by atoms with van der Waals surface area (Å²) in [6.45, 7) is 1.60. The van der Waals surface area contributed by atoms with Crippen LogP contribution in [0.5, 0.6) is 0 Å². The van der Waals surface area contributed by atoms with Gasteiger partial charge in [-0.05, 0) is 67.5 Å². The number of rotatable bonds is 9. The van der Waals surface area contributed by atoms with Crippen molar-refractivity contribution in [3.05, 3.63) is 76.8 Å². The van der Waals surface area contributed by atoms with Gasteiger partial charge in [-0.3, -0.25) is 19.7 Å². The van der Waals surface area contributed by atoms with E-state index in [0.717, 1.165) is 29.7 Å². The fourth-order valence-corrected chi connectivity index (χ4v) is 3.87. The summed E-state index contributed by atoms with van der Waals surface area (Å²) in [6, 6.07) is 8.54. The largest absolute Gasteiger partial charge is 0.374 e. The van der Waals surface area contributed by atoms with E-state index >= 15 is 0 Å². The lowest BCUT2D eigenvalue weighted by molar-refractivity contribution is -0.118. The Kier molecular flexibility index (Phi) is 6.32. The molecule has 1 aliphatic rings. The Morgan fingerprint density at radius 2 is 2.10 bits per heavy atom. The Labute approximate surface area is 185 Å². The van der Waals surface area contributed by atoms with Crippen molar-refractivity contribution in [3.63, 3.8) is 0 Å². The van der Waals surface area contributed by atoms with Gasteiger partial charge in [-0.1, -0.05) is 17.7 Å². The highest BCUT2D eigenvalue weighted by molar-refractivity contribution is 6.33. The first-order valence-corrected chi connectivity index (χ1v) is 10.6. The summed E-state index contributed by atoms with van der Waals surface area (Å²) in [5.74, 6) is 0.273. The number of ketones is 1. The van der Waals surface area contributed by atoms with Crippen molar-refractivity contribution in [2.45, 2.75) is 38.3 Å². The highest BCUT2D eigenvalue weighted by Gasteiger charge is 2.34. The minimum Gasteiger partial charge on any atom is -0.374 e. The number of pyridine rings is 1. The van der Waals surface area contributed by atoms with Gasteiger partial charge in [-0.25, -0.2) is 0 Å². The summed E-state index contributed by atoms with van der Waals surface area (Å²) in [4.78, 5) is 28.8. The number of hydrogen-bond donors (Lipinski definition) is 3. The van der Waals surface area contributed by atoms with Crippen LogP contribution in [0.2, 0.25) is 5.02 Å². The number of benzene rings is 1. The van der Waals surface area contributed by atoms with Gasteiger partial charge in [0.15, 0.2) is 5.78 Å². The van der Waals surface area contributed by atoms with Crippen molar-refractivity contribution in [1.29, 1.82) is 0 Å². The third kappa shape index (κ3) is 5.30. The average Bonchev–Trinajstić information content (AvgIpc) is 3.47. The van der Waals surface area contributed by atoms with Gasteiger partial charge in [0.05, 0.1) is 34.6 Å². The van der Waals surface area contributed by atoms with Gasteiger partial charge in [0.25, 0.3) is 5.91 Å². The third-order valence-electron chi connectivity index (χ3n) is 5.46. The second-order valence-electron chi connectivity index (χ2n) is 7.89. The summed E-state index contributed by atoms with van der Waals surface area (Å²) >= 11 is 6.57. The van der Waals surface area contributed by atoms with E-state index in [0.29, 0.717) is 22.9 Å². The van der Waals surface area contributed by atoms with Gasteiger partial charge in [-0.15, -0.1) is 0 Å². The smallest absolute Gasteiger partial charge is 0.253 e. The van der Waals surface area contributed by atoms with Crippen LogP contribution in [0.15, 0.2) is 55.1 Å². The topological polar surface area (TPSA) is 99.8 Å². The van der Waals surface area contributed by atoms with Crippen LogP contribution in [0.1, 0.15) is 47.3 Å². The molecule has 160 valence electrons. The number of hydrogen-bond acceptors (Lipinski definition) is 5. The molecule has 2 unspecified atom stereocenters.